The summed E-state index contributed by atoms with van der Waals surface area (Å²) in [7, 11) is -3.18. The van der Waals surface area contributed by atoms with E-state index in [1.165, 1.54) is 12.3 Å². The fourth-order valence-corrected chi connectivity index (χ4v) is 3.04. The Balaban J connectivity index is 1.95. The summed E-state index contributed by atoms with van der Waals surface area (Å²) in [5.41, 5.74) is -0.0395. The number of nitro groups is 1. The van der Waals surface area contributed by atoms with Crippen LogP contribution in [0.15, 0.2) is 18.3 Å². The van der Waals surface area contributed by atoms with Crippen molar-refractivity contribution in [1.82, 2.24) is 9.71 Å². The molecule has 0 aliphatic carbocycles. The molecule has 0 amide bonds. The molecule has 2 rings (SSSR count). The number of nitrogens with one attached hydrogen (secondary N) is 1. The Morgan fingerprint density at radius 1 is 1.40 bits per heavy atom. The van der Waals surface area contributed by atoms with Gasteiger partial charge in [0.2, 0.25) is 10.0 Å². The van der Waals surface area contributed by atoms with E-state index < -0.39 is 14.9 Å². The van der Waals surface area contributed by atoms with E-state index in [9.17, 15) is 18.5 Å². The van der Waals surface area contributed by atoms with Crippen LogP contribution in [0.1, 0.15) is 12.8 Å². The molecular weight excluding hydrogens is 284 g/mol. The Morgan fingerprint density at radius 2 is 2.05 bits per heavy atom. The molecule has 1 saturated heterocycles. The van der Waals surface area contributed by atoms with Crippen LogP contribution in [0.4, 0.5) is 11.5 Å². The zero-order valence-corrected chi connectivity index (χ0v) is 11.8. The van der Waals surface area contributed by atoms with Gasteiger partial charge in [0.1, 0.15) is 12.0 Å². The Bertz CT molecular complexity index is 579. The lowest BCUT2D eigenvalue weighted by molar-refractivity contribution is -0.385. The smallest absolute Gasteiger partial charge is 0.287 e. The monoisotopic (exact) mass is 300 g/mol. The van der Waals surface area contributed by atoms with Crippen molar-refractivity contribution in [2.45, 2.75) is 18.9 Å². The minimum Gasteiger partial charge on any atom is -0.356 e. The maximum atomic E-state index is 11.2. The quantitative estimate of drug-likeness (QED) is 0.641. The summed E-state index contributed by atoms with van der Waals surface area (Å²) in [5, 5.41) is 10.6. The van der Waals surface area contributed by atoms with Crippen LogP contribution >= 0.6 is 0 Å². The Kier molecular flexibility index (Phi) is 4.19. The van der Waals surface area contributed by atoms with Crippen LogP contribution in [0.5, 0.6) is 0 Å². The van der Waals surface area contributed by atoms with Gasteiger partial charge in [-0.25, -0.2) is 18.1 Å². The van der Waals surface area contributed by atoms with Crippen molar-refractivity contribution in [3.63, 3.8) is 0 Å². The summed E-state index contributed by atoms with van der Waals surface area (Å²) in [6.45, 7) is 1.33. The number of piperidine rings is 1. The van der Waals surface area contributed by atoms with E-state index in [1.54, 1.807) is 6.07 Å². The third kappa shape index (κ3) is 3.87. The fourth-order valence-electron chi connectivity index (χ4n) is 2.20. The molecule has 1 aromatic rings. The van der Waals surface area contributed by atoms with Gasteiger partial charge in [-0.1, -0.05) is 0 Å². The SMILES string of the molecule is CS(=O)(=O)NC1CCN(c2ccc([N+](=O)[O-])cn2)CC1. The molecule has 0 radical (unpaired) electrons. The van der Waals surface area contributed by atoms with Crippen molar-refractivity contribution in [1.29, 1.82) is 0 Å². The van der Waals surface area contributed by atoms with E-state index in [2.05, 4.69) is 9.71 Å². The van der Waals surface area contributed by atoms with Gasteiger partial charge in [-0.05, 0) is 18.9 Å². The van der Waals surface area contributed by atoms with E-state index in [1.807, 2.05) is 4.90 Å². The highest BCUT2D eigenvalue weighted by molar-refractivity contribution is 7.88. The average Bonchev–Trinajstić information content (AvgIpc) is 2.38. The van der Waals surface area contributed by atoms with Gasteiger partial charge in [-0.3, -0.25) is 10.1 Å². The van der Waals surface area contributed by atoms with Gasteiger partial charge >= 0.3 is 0 Å². The predicted octanol–water partition coefficient (Wildman–Crippen LogP) is 0.508. The minimum atomic E-state index is -3.18. The molecule has 0 aromatic carbocycles. The molecule has 0 spiro atoms. The standard InChI is InChI=1S/C11H16N4O4S/c1-20(18,19)13-9-4-6-14(7-5-9)11-3-2-10(8-12-11)15(16)17/h2-3,8-9,13H,4-7H2,1H3. The minimum absolute atomic E-state index is 0.0395. The highest BCUT2D eigenvalue weighted by atomic mass is 32.2. The molecular formula is C11H16N4O4S. The van der Waals surface area contributed by atoms with Gasteiger partial charge in [-0.2, -0.15) is 0 Å². The molecule has 110 valence electrons. The van der Waals surface area contributed by atoms with Gasteiger partial charge in [0, 0.05) is 25.2 Å². The second-order valence-electron chi connectivity index (χ2n) is 4.78. The summed E-state index contributed by atoms with van der Waals surface area (Å²) < 4.78 is 24.9. The largest absolute Gasteiger partial charge is 0.356 e. The van der Waals surface area contributed by atoms with Crippen LogP contribution in [0.3, 0.4) is 0 Å². The molecule has 1 N–H and O–H groups in total. The molecule has 1 aliphatic rings. The normalized spacial score (nSPS) is 17.1. The molecule has 0 bridgehead atoms. The fraction of sp³-hybridized carbons (Fsp3) is 0.545. The first-order valence-corrected chi connectivity index (χ1v) is 8.07. The predicted molar refractivity (Wildman–Crippen MR) is 74.1 cm³/mol. The van der Waals surface area contributed by atoms with Gasteiger partial charge in [0.25, 0.3) is 5.69 Å². The first kappa shape index (κ1) is 14.7. The molecule has 1 aromatic heterocycles. The highest BCUT2D eigenvalue weighted by Crippen LogP contribution is 2.20. The third-order valence-electron chi connectivity index (χ3n) is 3.14. The van der Waals surface area contributed by atoms with Crippen LogP contribution < -0.4 is 9.62 Å². The van der Waals surface area contributed by atoms with Crippen LogP contribution in [-0.4, -0.2) is 43.7 Å². The zero-order chi connectivity index (χ0) is 14.8. The molecule has 8 nitrogen and oxygen atoms in total. The van der Waals surface area contributed by atoms with Crippen LogP contribution in [0.2, 0.25) is 0 Å². The maximum Gasteiger partial charge on any atom is 0.287 e. The summed E-state index contributed by atoms with van der Waals surface area (Å²) in [5.74, 6) is 0.674. The summed E-state index contributed by atoms with van der Waals surface area (Å²) >= 11 is 0. The van der Waals surface area contributed by atoms with Crippen molar-refractivity contribution in [2.75, 3.05) is 24.2 Å². The van der Waals surface area contributed by atoms with Crippen molar-refractivity contribution in [3.05, 3.63) is 28.4 Å². The van der Waals surface area contributed by atoms with Crippen LogP contribution in [-0.2, 0) is 10.0 Å². The lowest BCUT2D eigenvalue weighted by Crippen LogP contribution is -2.44. The zero-order valence-electron chi connectivity index (χ0n) is 11.0. The second kappa shape index (κ2) is 5.71. The number of nitrogens with zero attached hydrogens (tertiary/aromatic N) is 3. The van der Waals surface area contributed by atoms with Crippen molar-refractivity contribution < 1.29 is 13.3 Å². The molecule has 20 heavy (non-hydrogen) atoms. The maximum absolute atomic E-state index is 11.2. The first-order valence-electron chi connectivity index (χ1n) is 6.18. The molecule has 0 atom stereocenters. The Hall–Kier alpha value is -1.74. The van der Waals surface area contributed by atoms with Gasteiger partial charge in [-0.15, -0.1) is 0 Å². The number of aromatic nitrogens is 1. The van der Waals surface area contributed by atoms with E-state index >= 15 is 0 Å². The number of rotatable bonds is 4. The lowest BCUT2D eigenvalue weighted by Gasteiger charge is -2.32. The second-order valence-corrected chi connectivity index (χ2v) is 6.56. The number of sulfonamides is 1. The van der Waals surface area contributed by atoms with E-state index in [0.29, 0.717) is 31.7 Å². The first-order chi connectivity index (χ1) is 9.35. The Labute approximate surface area is 117 Å². The molecule has 9 heteroatoms. The van der Waals surface area contributed by atoms with Gasteiger partial charge in [0.15, 0.2) is 0 Å². The van der Waals surface area contributed by atoms with Crippen molar-refractivity contribution in [2.24, 2.45) is 0 Å². The number of hydrogen-bond donors (Lipinski definition) is 1. The molecule has 0 saturated carbocycles. The lowest BCUT2D eigenvalue weighted by atomic mass is 10.1. The average molecular weight is 300 g/mol. The summed E-state index contributed by atoms with van der Waals surface area (Å²) in [6.07, 6.45) is 3.75. The Morgan fingerprint density at radius 3 is 2.50 bits per heavy atom. The number of hydrogen-bond acceptors (Lipinski definition) is 6. The van der Waals surface area contributed by atoms with Crippen LogP contribution in [0.25, 0.3) is 0 Å². The van der Waals surface area contributed by atoms with Gasteiger partial charge < -0.3 is 4.90 Å². The van der Waals surface area contributed by atoms with Crippen molar-refractivity contribution >= 4 is 21.5 Å². The summed E-state index contributed by atoms with van der Waals surface area (Å²) in [4.78, 5) is 16.1. The van der Waals surface area contributed by atoms with Crippen molar-refractivity contribution in [3.8, 4) is 0 Å². The summed E-state index contributed by atoms with van der Waals surface area (Å²) in [6, 6.07) is 2.98. The molecule has 0 unspecified atom stereocenters. The number of anilines is 1. The number of pyridine rings is 1. The molecule has 2 heterocycles. The van der Waals surface area contributed by atoms with E-state index in [0.717, 1.165) is 6.26 Å². The highest BCUT2D eigenvalue weighted by Gasteiger charge is 2.22. The third-order valence-corrected chi connectivity index (χ3v) is 3.90. The van der Waals surface area contributed by atoms with E-state index in [4.69, 9.17) is 0 Å². The van der Waals surface area contributed by atoms with Crippen LogP contribution in [0, 0.1) is 10.1 Å². The molecule has 1 aliphatic heterocycles. The van der Waals surface area contributed by atoms with E-state index in [-0.39, 0.29) is 11.7 Å². The molecule has 1 fully saturated rings. The van der Waals surface area contributed by atoms with Gasteiger partial charge in [0.05, 0.1) is 11.2 Å². The topological polar surface area (TPSA) is 105 Å².